The van der Waals surface area contributed by atoms with Crippen LogP contribution in [0, 0.1) is 23.7 Å². The summed E-state index contributed by atoms with van der Waals surface area (Å²) in [4.78, 5) is 4.14. The smallest absolute Gasteiger partial charge is 0.0991 e. The van der Waals surface area contributed by atoms with Crippen LogP contribution in [-0.2, 0) is 0 Å². The molecule has 1 fully saturated rings. The van der Waals surface area contributed by atoms with Gasteiger partial charge in [-0.25, -0.2) is 0 Å². The third kappa shape index (κ3) is 1.62. The molecule has 0 aliphatic heterocycles. The Balaban J connectivity index is 2.24. The van der Waals surface area contributed by atoms with E-state index in [0.717, 1.165) is 30.5 Å². The van der Waals surface area contributed by atoms with Crippen molar-refractivity contribution in [3.63, 3.8) is 0 Å². The van der Waals surface area contributed by atoms with Gasteiger partial charge < -0.3 is 5.11 Å². The Kier molecular flexibility index (Phi) is 2.45. The minimum absolute atomic E-state index is 0.559. The van der Waals surface area contributed by atoms with E-state index in [9.17, 15) is 5.11 Å². The van der Waals surface area contributed by atoms with Crippen molar-refractivity contribution in [3.05, 3.63) is 29.6 Å². The maximum atomic E-state index is 10.1. The summed E-state index contributed by atoms with van der Waals surface area (Å²) in [5, 5.41) is 19.2. The summed E-state index contributed by atoms with van der Waals surface area (Å²) in [6, 6.07) is 5.96. The molecule has 78 valence electrons. The number of nitriles is 1. The van der Waals surface area contributed by atoms with Crippen LogP contribution in [0.3, 0.4) is 0 Å². The Bertz CT molecular complexity index is 387. The molecule has 0 saturated heterocycles. The van der Waals surface area contributed by atoms with Gasteiger partial charge in [0.05, 0.1) is 17.6 Å². The standard InChI is InChI=1S/C12H14N2O/c1-9-3-4-10(7-14-9)11(15)12(8-13)5-2-6-12/h3-4,7,11,15H,2,5-6H2,1H3. The first-order valence-corrected chi connectivity index (χ1v) is 5.20. The number of aliphatic hydroxyl groups excluding tert-OH is 1. The summed E-state index contributed by atoms with van der Waals surface area (Å²) < 4.78 is 0. The third-order valence-corrected chi connectivity index (χ3v) is 3.24. The Hall–Kier alpha value is -1.40. The second-order valence-electron chi connectivity index (χ2n) is 4.26. The number of hydrogen-bond acceptors (Lipinski definition) is 3. The zero-order chi connectivity index (χ0) is 10.9. The van der Waals surface area contributed by atoms with E-state index in [-0.39, 0.29) is 0 Å². The molecule has 15 heavy (non-hydrogen) atoms. The molecule has 1 atom stereocenters. The SMILES string of the molecule is Cc1ccc(C(O)C2(C#N)CCC2)cn1. The fraction of sp³-hybridized carbons (Fsp3) is 0.500. The maximum Gasteiger partial charge on any atom is 0.0991 e. The van der Waals surface area contributed by atoms with Crippen LogP contribution in [0.2, 0.25) is 0 Å². The molecule has 1 aromatic rings. The second kappa shape index (κ2) is 3.63. The lowest BCUT2D eigenvalue weighted by Gasteiger charge is -2.39. The van der Waals surface area contributed by atoms with Gasteiger partial charge in [0.25, 0.3) is 0 Å². The molecule has 0 spiro atoms. The molecule has 0 bridgehead atoms. The van der Waals surface area contributed by atoms with Crippen molar-refractivity contribution in [3.8, 4) is 6.07 Å². The fourth-order valence-corrected chi connectivity index (χ4v) is 1.96. The van der Waals surface area contributed by atoms with Crippen LogP contribution in [0.4, 0.5) is 0 Å². The normalized spacial score (nSPS) is 20.1. The lowest BCUT2D eigenvalue weighted by molar-refractivity contribution is 0.00772. The van der Waals surface area contributed by atoms with E-state index >= 15 is 0 Å². The van der Waals surface area contributed by atoms with Gasteiger partial charge in [-0.3, -0.25) is 4.98 Å². The van der Waals surface area contributed by atoms with Crippen molar-refractivity contribution < 1.29 is 5.11 Å². The summed E-state index contributed by atoms with van der Waals surface area (Å²) >= 11 is 0. The van der Waals surface area contributed by atoms with E-state index in [2.05, 4.69) is 11.1 Å². The highest BCUT2D eigenvalue weighted by Crippen LogP contribution is 2.49. The van der Waals surface area contributed by atoms with E-state index in [4.69, 9.17) is 5.26 Å². The van der Waals surface area contributed by atoms with Gasteiger partial charge in [-0.05, 0) is 25.8 Å². The van der Waals surface area contributed by atoms with Crippen LogP contribution in [-0.4, -0.2) is 10.1 Å². The van der Waals surface area contributed by atoms with Crippen LogP contribution in [0.5, 0.6) is 0 Å². The van der Waals surface area contributed by atoms with E-state index in [0.29, 0.717) is 0 Å². The predicted molar refractivity (Wildman–Crippen MR) is 55.8 cm³/mol. The predicted octanol–water partition coefficient (Wildman–Crippen LogP) is 2.12. The Labute approximate surface area is 89.4 Å². The van der Waals surface area contributed by atoms with Crippen LogP contribution < -0.4 is 0 Å². The largest absolute Gasteiger partial charge is 0.387 e. The van der Waals surface area contributed by atoms with Crippen molar-refractivity contribution in [1.29, 1.82) is 5.26 Å². The monoisotopic (exact) mass is 202 g/mol. The fourth-order valence-electron chi connectivity index (χ4n) is 1.96. The minimum atomic E-state index is -0.690. The number of aromatic nitrogens is 1. The molecule has 0 radical (unpaired) electrons. The first kappa shape index (κ1) is 10.1. The molecule has 0 amide bonds. The van der Waals surface area contributed by atoms with Crippen molar-refractivity contribution >= 4 is 0 Å². The Morgan fingerprint density at radius 3 is 2.67 bits per heavy atom. The molecular formula is C12H14N2O. The molecule has 3 heteroatoms. The van der Waals surface area contributed by atoms with Crippen molar-refractivity contribution in [2.45, 2.75) is 32.3 Å². The first-order chi connectivity index (χ1) is 7.18. The van der Waals surface area contributed by atoms with Gasteiger partial charge in [0.15, 0.2) is 0 Å². The van der Waals surface area contributed by atoms with Crippen LogP contribution in [0.15, 0.2) is 18.3 Å². The van der Waals surface area contributed by atoms with Gasteiger partial charge in [-0.2, -0.15) is 5.26 Å². The van der Waals surface area contributed by atoms with Crippen molar-refractivity contribution in [2.75, 3.05) is 0 Å². The highest BCUT2D eigenvalue weighted by Gasteiger charge is 2.44. The van der Waals surface area contributed by atoms with E-state index in [1.165, 1.54) is 0 Å². The molecular weight excluding hydrogens is 188 g/mol. The summed E-state index contributed by atoms with van der Waals surface area (Å²) in [5.41, 5.74) is 1.11. The van der Waals surface area contributed by atoms with Gasteiger partial charge in [0.1, 0.15) is 0 Å². The molecule has 1 unspecified atom stereocenters. The third-order valence-electron chi connectivity index (χ3n) is 3.24. The zero-order valence-corrected chi connectivity index (χ0v) is 8.77. The summed E-state index contributed by atoms with van der Waals surface area (Å²) in [7, 11) is 0. The molecule has 1 aliphatic carbocycles. The summed E-state index contributed by atoms with van der Waals surface area (Å²) in [6.07, 6.45) is 3.59. The highest BCUT2D eigenvalue weighted by molar-refractivity contribution is 5.23. The maximum absolute atomic E-state index is 10.1. The van der Waals surface area contributed by atoms with Crippen LogP contribution in [0.25, 0.3) is 0 Å². The highest BCUT2D eigenvalue weighted by atomic mass is 16.3. The van der Waals surface area contributed by atoms with Crippen LogP contribution >= 0.6 is 0 Å². The molecule has 3 nitrogen and oxygen atoms in total. The lowest BCUT2D eigenvalue weighted by atomic mass is 9.65. The number of aliphatic hydroxyl groups is 1. The van der Waals surface area contributed by atoms with Gasteiger partial charge in [-0.1, -0.05) is 12.5 Å². The molecule has 1 aliphatic rings. The first-order valence-electron chi connectivity index (χ1n) is 5.20. The van der Waals surface area contributed by atoms with Crippen LogP contribution in [0.1, 0.15) is 36.6 Å². The molecule has 2 rings (SSSR count). The summed E-state index contributed by atoms with van der Waals surface area (Å²) in [6.45, 7) is 1.90. The van der Waals surface area contributed by atoms with E-state index < -0.39 is 11.5 Å². The van der Waals surface area contributed by atoms with Crippen molar-refractivity contribution in [2.24, 2.45) is 5.41 Å². The quantitative estimate of drug-likeness (QED) is 0.799. The zero-order valence-electron chi connectivity index (χ0n) is 8.77. The average molecular weight is 202 g/mol. The van der Waals surface area contributed by atoms with Crippen molar-refractivity contribution in [1.82, 2.24) is 4.98 Å². The van der Waals surface area contributed by atoms with E-state index in [1.807, 2.05) is 19.1 Å². The topological polar surface area (TPSA) is 56.9 Å². The van der Waals surface area contributed by atoms with Gasteiger partial charge >= 0.3 is 0 Å². The molecule has 1 saturated carbocycles. The summed E-state index contributed by atoms with van der Waals surface area (Å²) in [5.74, 6) is 0. The number of hydrogen-bond donors (Lipinski definition) is 1. The molecule has 1 aromatic heterocycles. The van der Waals surface area contributed by atoms with E-state index in [1.54, 1.807) is 6.20 Å². The van der Waals surface area contributed by atoms with Gasteiger partial charge in [0.2, 0.25) is 0 Å². The van der Waals surface area contributed by atoms with Gasteiger partial charge in [0, 0.05) is 17.5 Å². The average Bonchev–Trinajstić information content (AvgIpc) is 2.18. The Morgan fingerprint density at radius 1 is 1.53 bits per heavy atom. The van der Waals surface area contributed by atoms with Gasteiger partial charge in [-0.15, -0.1) is 0 Å². The molecule has 1 N–H and O–H groups in total. The number of nitrogens with zero attached hydrogens (tertiary/aromatic N) is 2. The number of aryl methyl sites for hydroxylation is 1. The lowest BCUT2D eigenvalue weighted by Crippen LogP contribution is -2.34. The number of rotatable bonds is 2. The second-order valence-corrected chi connectivity index (χ2v) is 4.26. The number of pyridine rings is 1. The molecule has 0 aromatic carbocycles. The molecule has 1 heterocycles. The minimum Gasteiger partial charge on any atom is -0.387 e. The Morgan fingerprint density at radius 2 is 2.27 bits per heavy atom.